The monoisotopic (exact) mass is 262 g/mol. The van der Waals surface area contributed by atoms with Crippen LogP contribution in [-0.4, -0.2) is 47.2 Å². The topological polar surface area (TPSA) is 149 Å². The first-order chi connectivity index (χ1) is 8.31. The van der Waals surface area contributed by atoms with Crippen molar-refractivity contribution in [1.29, 1.82) is 5.41 Å². The Morgan fingerprint density at radius 1 is 1.39 bits per heavy atom. The fourth-order valence-electron chi connectivity index (χ4n) is 1.09. The zero-order valence-corrected chi connectivity index (χ0v) is 10.7. The predicted molar refractivity (Wildman–Crippen MR) is 67.6 cm³/mol. The van der Waals surface area contributed by atoms with Crippen LogP contribution < -0.4 is 16.4 Å². The predicted octanol–water partition coefficient (Wildman–Crippen LogP) is -0.597. The summed E-state index contributed by atoms with van der Waals surface area (Å²) in [7, 11) is 0. The first-order valence-corrected chi connectivity index (χ1v) is 5.54. The SMILES string of the molecule is CC(=O)O.CCN[C@@H](CCCNC(=N)N)C(=O)O. The highest BCUT2D eigenvalue weighted by Gasteiger charge is 2.14. The van der Waals surface area contributed by atoms with Crippen LogP contribution in [0.25, 0.3) is 0 Å². The lowest BCUT2D eigenvalue weighted by molar-refractivity contribution is -0.139. The molecule has 7 N–H and O–H groups in total. The van der Waals surface area contributed by atoms with E-state index in [0.717, 1.165) is 6.92 Å². The van der Waals surface area contributed by atoms with Gasteiger partial charge in [-0.15, -0.1) is 0 Å². The third-order valence-electron chi connectivity index (χ3n) is 1.73. The average molecular weight is 262 g/mol. The van der Waals surface area contributed by atoms with E-state index in [4.69, 9.17) is 26.2 Å². The molecule has 8 heteroatoms. The molecule has 1 atom stereocenters. The molecule has 0 aliphatic rings. The zero-order valence-electron chi connectivity index (χ0n) is 10.7. The van der Waals surface area contributed by atoms with E-state index in [1.165, 1.54) is 0 Å². The van der Waals surface area contributed by atoms with Crippen LogP contribution >= 0.6 is 0 Å². The normalized spacial score (nSPS) is 10.8. The second kappa shape index (κ2) is 11.6. The van der Waals surface area contributed by atoms with E-state index in [-0.39, 0.29) is 5.96 Å². The van der Waals surface area contributed by atoms with Crippen LogP contribution in [0.1, 0.15) is 26.7 Å². The van der Waals surface area contributed by atoms with Crippen molar-refractivity contribution in [2.45, 2.75) is 32.7 Å². The lowest BCUT2D eigenvalue weighted by Crippen LogP contribution is -2.38. The first kappa shape index (κ1) is 18.5. The van der Waals surface area contributed by atoms with Gasteiger partial charge in [0.2, 0.25) is 0 Å². The van der Waals surface area contributed by atoms with Gasteiger partial charge in [-0.05, 0) is 19.4 Å². The Balaban J connectivity index is 0. The quantitative estimate of drug-likeness (QED) is 0.204. The number of carboxylic acids is 2. The van der Waals surface area contributed by atoms with Crippen molar-refractivity contribution in [2.75, 3.05) is 13.1 Å². The summed E-state index contributed by atoms with van der Waals surface area (Å²) >= 11 is 0. The highest BCUT2D eigenvalue weighted by atomic mass is 16.4. The lowest BCUT2D eigenvalue weighted by Gasteiger charge is -2.12. The maximum atomic E-state index is 10.7. The van der Waals surface area contributed by atoms with E-state index >= 15 is 0 Å². The average Bonchev–Trinajstić information content (AvgIpc) is 2.21. The Morgan fingerprint density at radius 2 is 1.89 bits per heavy atom. The molecule has 0 spiro atoms. The van der Waals surface area contributed by atoms with E-state index in [1.54, 1.807) is 0 Å². The number of rotatable bonds is 7. The maximum absolute atomic E-state index is 10.7. The van der Waals surface area contributed by atoms with Gasteiger partial charge in [0.25, 0.3) is 5.97 Å². The zero-order chi connectivity index (χ0) is 14.6. The minimum absolute atomic E-state index is 0.0830. The molecule has 0 fully saturated rings. The first-order valence-electron chi connectivity index (χ1n) is 5.54. The maximum Gasteiger partial charge on any atom is 0.320 e. The van der Waals surface area contributed by atoms with Gasteiger partial charge < -0.3 is 26.6 Å². The van der Waals surface area contributed by atoms with Crippen molar-refractivity contribution in [2.24, 2.45) is 5.73 Å². The van der Waals surface area contributed by atoms with Crippen molar-refractivity contribution >= 4 is 17.9 Å². The summed E-state index contributed by atoms with van der Waals surface area (Å²) in [5, 5.41) is 28.5. The van der Waals surface area contributed by atoms with Crippen molar-refractivity contribution in [3.05, 3.63) is 0 Å². The van der Waals surface area contributed by atoms with E-state index in [1.807, 2.05) is 6.92 Å². The third kappa shape index (κ3) is 16.6. The number of nitrogens with two attached hydrogens (primary N) is 1. The van der Waals surface area contributed by atoms with Crippen LogP contribution in [-0.2, 0) is 9.59 Å². The Hall–Kier alpha value is -1.83. The van der Waals surface area contributed by atoms with Crippen LogP contribution in [0.5, 0.6) is 0 Å². The van der Waals surface area contributed by atoms with Gasteiger partial charge >= 0.3 is 5.97 Å². The van der Waals surface area contributed by atoms with Crippen molar-refractivity contribution < 1.29 is 19.8 Å². The second-order valence-electron chi connectivity index (χ2n) is 3.45. The molecule has 0 aromatic rings. The minimum atomic E-state index is -0.838. The molecule has 0 unspecified atom stereocenters. The van der Waals surface area contributed by atoms with E-state index in [9.17, 15) is 4.79 Å². The third-order valence-corrected chi connectivity index (χ3v) is 1.73. The Labute approximate surface area is 106 Å². The molecule has 8 nitrogen and oxygen atoms in total. The van der Waals surface area contributed by atoms with Gasteiger partial charge in [0.05, 0.1) is 0 Å². The van der Waals surface area contributed by atoms with Crippen LogP contribution in [0.3, 0.4) is 0 Å². The van der Waals surface area contributed by atoms with E-state index in [2.05, 4.69) is 10.6 Å². The van der Waals surface area contributed by atoms with Crippen LogP contribution in [0.4, 0.5) is 0 Å². The van der Waals surface area contributed by atoms with E-state index in [0.29, 0.717) is 25.9 Å². The summed E-state index contributed by atoms with van der Waals surface area (Å²) in [6, 6.07) is -0.506. The molecule has 0 amide bonds. The fraction of sp³-hybridized carbons (Fsp3) is 0.700. The molecule has 106 valence electrons. The largest absolute Gasteiger partial charge is 0.481 e. The molecule has 0 aromatic carbocycles. The van der Waals surface area contributed by atoms with Crippen LogP contribution in [0.2, 0.25) is 0 Å². The molecule has 0 aromatic heterocycles. The molecule has 0 rings (SSSR count). The number of carbonyl (C=O) groups is 2. The van der Waals surface area contributed by atoms with Crippen molar-refractivity contribution in [3.63, 3.8) is 0 Å². The number of guanidine groups is 1. The number of aliphatic carboxylic acids is 2. The number of nitrogens with one attached hydrogen (secondary N) is 3. The second-order valence-corrected chi connectivity index (χ2v) is 3.45. The molecule has 0 radical (unpaired) electrons. The lowest BCUT2D eigenvalue weighted by atomic mass is 10.1. The van der Waals surface area contributed by atoms with Crippen molar-refractivity contribution in [1.82, 2.24) is 10.6 Å². The molecule has 0 aliphatic heterocycles. The molecule has 0 saturated heterocycles. The summed E-state index contributed by atoms with van der Waals surface area (Å²) in [5.74, 6) is -1.75. The summed E-state index contributed by atoms with van der Waals surface area (Å²) in [6.45, 7) is 4.12. The molecule has 0 bridgehead atoms. The number of carboxylic acid groups (broad SMARTS) is 2. The summed E-state index contributed by atoms with van der Waals surface area (Å²) in [4.78, 5) is 19.7. The van der Waals surface area contributed by atoms with Gasteiger partial charge in [-0.1, -0.05) is 6.92 Å². The van der Waals surface area contributed by atoms with Gasteiger partial charge in [-0.25, -0.2) is 0 Å². The number of likely N-dealkylation sites (N-methyl/N-ethyl adjacent to an activating group) is 1. The Kier molecular flexibility index (Phi) is 12.0. The van der Waals surface area contributed by atoms with Gasteiger partial charge in [0.15, 0.2) is 5.96 Å². The van der Waals surface area contributed by atoms with Gasteiger partial charge in [0.1, 0.15) is 6.04 Å². The van der Waals surface area contributed by atoms with Gasteiger partial charge in [-0.2, -0.15) is 0 Å². The smallest absolute Gasteiger partial charge is 0.320 e. The molecular weight excluding hydrogens is 240 g/mol. The van der Waals surface area contributed by atoms with Crippen LogP contribution in [0, 0.1) is 5.41 Å². The Morgan fingerprint density at radius 3 is 2.22 bits per heavy atom. The standard InChI is InChI=1S/C8H18N4O2.C2H4O2/c1-2-11-6(7(13)14)4-3-5-12-8(9)10;1-2(3)4/h6,11H,2-5H2,1H3,(H,13,14)(H4,9,10,12);1H3,(H,3,4)/t6-;/m0./s1. The molecular formula is C10H22N4O4. The highest BCUT2D eigenvalue weighted by Crippen LogP contribution is 1.96. The molecule has 0 heterocycles. The van der Waals surface area contributed by atoms with E-state index < -0.39 is 18.0 Å². The minimum Gasteiger partial charge on any atom is -0.481 e. The van der Waals surface area contributed by atoms with Gasteiger partial charge in [-0.3, -0.25) is 15.0 Å². The highest BCUT2D eigenvalue weighted by molar-refractivity contribution is 5.74. The molecule has 0 saturated carbocycles. The van der Waals surface area contributed by atoms with Crippen molar-refractivity contribution in [3.8, 4) is 0 Å². The number of hydrogen-bond acceptors (Lipinski definition) is 4. The summed E-state index contributed by atoms with van der Waals surface area (Å²) in [5.41, 5.74) is 5.07. The fourth-order valence-corrected chi connectivity index (χ4v) is 1.09. The van der Waals surface area contributed by atoms with Gasteiger partial charge in [0, 0.05) is 13.5 Å². The summed E-state index contributed by atoms with van der Waals surface area (Å²) in [6.07, 6.45) is 1.20. The summed E-state index contributed by atoms with van der Waals surface area (Å²) < 4.78 is 0. The van der Waals surface area contributed by atoms with Crippen LogP contribution in [0.15, 0.2) is 0 Å². The Bertz CT molecular complexity index is 267. The molecule has 0 aliphatic carbocycles. The molecule has 18 heavy (non-hydrogen) atoms. The number of hydrogen-bond donors (Lipinski definition) is 6.